The Morgan fingerprint density at radius 2 is 1.82 bits per heavy atom. The summed E-state index contributed by atoms with van der Waals surface area (Å²) in [7, 11) is -2.35. The Labute approximate surface area is 194 Å². The summed E-state index contributed by atoms with van der Waals surface area (Å²) in [4.78, 5) is 17.7. The summed E-state index contributed by atoms with van der Waals surface area (Å²) in [5, 5.41) is 2.87. The molecule has 0 radical (unpaired) electrons. The zero-order valence-electron chi connectivity index (χ0n) is 19.1. The second-order valence-corrected chi connectivity index (χ2v) is 10.1. The summed E-state index contributed by atoms with van der Waals surface area (Å²) < 4.78 is 35.6. The first-order valence-corrected chi connectivity index (χ1v) is 12.8. The maximum absolute atomic E-state index is 13.4. The molecule has 2 heterocycles. The number of carbonyl (C=O) groups is 1. The number of hydrogen-bond donors (Lipinski definition) is 1. The fourth-order valence-corrected chi connectivity index (χ4v) is 5.93. The van der Waals surface area contributed by atoms with Crippen LogP contribution in [0.3, 0.4) is 0 Å². The van der Waals surface area contributed by atoms with Crippen LogP contribution in [0.4, 0.5) is 5.95 Å². The summed E-state index contributed by atoms with van der Waals surface area (Å²) in [5.74, 6) is 0.252. The number of anilines is 1. The number of ether oxygens (including phenoxy) is 1. The molecule has 9 heteroatoms. The number of aromatic nitrogens is 2. The minimum Gasteiger partial charge on any atom is -0.495 e. The quantitative estimate of drug-likeness (QED) is 0.557. The van der Waals surface area contributed by atoms with E-state index in [9.17, 15) is 13.2 Å². The molecule has 3 aromatic rings. The first kappa shape index (κ1) is 23.3. The molecule has 1 fully saturated rings. The fraction of sp³-hybridized carbons (Fsp3) is 0.417. The van der Waals surface area contributed by atoms with Gasteiger partial charge in [0.25, 0.3) is 5.91 Å². The van der Waals surface area contributed by atoms with Crippen molar-refractivity contribution in [2.75, 3.05) is 25.5 Å². The molecular weight excluding hydrogens is 440 g/mol. The molecule has 1 aromatic heterocycles. The summed E-state index contributed by atoms with van der Waals surface area (Å²) in [6, 6.07) is 12.2. The van der Waals surface area contributed by atoms with Crippen LogP contribution in [0.1, 0.15) is 49.4 Å². The van der Waals surface area contributed by atoms with Gasteiger partial charge in [-0.2, -0.15) is 4.31 Å². The number of hydrogen-bond acceptors (Lipinski definition) is 5. The van der Waals surface area contributed by atoms with Crippen molar-refractivity contribution in [1.29, 1.82) is 0 Å². The van der Waals surface area contributed by atoms with Crippen molar-refractivity contribution in [3.8, 4) is 5.75 Å². The Bertz CT molecular complexity index is 1240. The highest BCUT2D eigenvalue weighted by Crippen LogP contribution is 2.30. The molecule has 0 saturated carbocycles. The Morgan fingerprint density at radius 1 is 1.09 bits per heavy atom. The average Bonchev–Trinajstić information content (AvgIpc) is 2.98. The van der Waals surface area contributed by atoms with Gasteiger partial charge >= 0.3 is 0 Å². The zero-order chi connectivity index (χ0) is 23.4. The number of para-hydroxylation sites is 2. The van der Waals surface area contributed by atoms with Gasteiger partial charge in [0.2, 0.25) is 16.0 Å². The largest absolute Gasteiger partial charge is 0.495 e. The molecule has 0 aliphatic carbocycles. The van der Waals surface area contributed by atoms with Gasteiger partial charge in [-0.05, 0) is 49.6 Å². The van der Waals surface area contributed by atoms with Crippen molar-refractivity contribution in [2.45, 2.75) is 50.5 Å². The highest BCUT2D eigenvalue weighted by atomic mass is 32.2. The number of nitrogens with one attached hydrogen (secondary N) is 1. The topological polar surface area (TPSA) is 93.5 Å². The van der Waals surface area contributed by atoms with Gasteiger partial charge in [-0.1, -0.05) is 31.9 Å². The lowest BCUT2D eigenvalue weighted by molar-refractivity contribution is 0.102. The van der Waals surface area contributed by atoms with Gasteiger partial charge in [-0.15, -0.1) is 0 Å². The Kier molecular flexibility index (Phi) is 6.99. The van der Waals surface area contributed by atoms with Crippen LogP contribution < -0.4 is 10.1 Å². The lowest BCUT2D eigenvalue weighted by Gasteiger charge is -2.21. The monoisotopic (exact) mass is 470 g/mol. The van der Waals surface area contributed by atoms with Crippen LogP contribution in [-0.2, 0) is 16.6 Å². The SMILES string of the molecule is CCCn1c(NC(=O)c2ccc(OC)c(S(=O)(=O)N3CCCCCC3)c2)nc2ccccc21. The van der Waals surface area contributed by atoms with Crippen LogP contribution in [0.2, 0.25) is 0 Å². The second-order valence-electron chi connectivity index (χ2n) is 8.21. The number of nitrogens with zero attached hydrogens (tertiary/aromatic N) is 3. The van der Waals surface area contributed by atoms with Crippen molar-refractivity contribution in [1.82, 2.24) is 13.9 Å². The summed E-state index contributed by atoms with van der Waals surface area (Å²) in [6.45, 7) is 3.71. The third-order valence-corrected chi connectivity index (χ3v) is 7.86. The van der Waals surface area contributed by atoms with E-state index in [0.717, 1.165) is 43.1 Å². The molecule has 0 atom stereocenters. The predicted octanol–water partition coefficient (Wildman–Crippen LogP) is 4.27. The molecule has 1 amide bonds. The second kappa shape index (κ2) is 9.93. The number of carbonyl (C=O) groups excluding carboxylic acids is 1. The fourth-order valence-electron chi connectivity index (χ4n) is 4.24. The van der Waals surface area contributed by atoms with Gasteiger partial charge in [-0.25, -0.2) is 13.4 Å². The van der Waals surface area contributed by atoms with E-state index >= 15 is 0 Å². The number of methoxy groups -OCH3 is 1. The molecule has 0 unspecified atom stereocenters. The maximum Gasteiger partial charge on any atom is 0.258 e. The zero-order valence-corrected chi connectivity index (χ0v) is 19.9. The number of fused-ring (bicyclic) bond motifs is 1. The number of imidazole rings is 1. The van der Waals surface area contributed by atoms with Gasteiger partial charge in [0.05, 0.1) is 18.1 Å². The molecule has 0 spiro atoms. The smallest absolute Gasteiger partial charge is 0.258 e. The van der Waals surface area contributed by atoms with Crippen LogP contribution in [0.15, 0.2) is 47.4 Å². The number of aryl methyl sites for hydroxylation is 1. The van der Waals surface area contributed by atoms with E-state index < -0.39 is 15.9 Å². The third-order valence-electron chi connectivity index (χ3n) is 5.94. The van der Waals surface area contributed by atoms with Gasteiger partial charge in [0.15, 0.2) is 0 Å². The number of rotatable bonds is 7. The standard InChI is InChI=1S/C24H30N4O4S/c1-3-14-28-20-11-7-6-10-19(20)25-24(28)26-23(29)18-12-13-21(32-2)22(17-18)33(30,31)27-15-8-4-5-9-16-27/h6-7,10-13,17H,3-5,8-9,14-16H2,1-2H3,(H,25,26,29). The number of benzene rings is 2. The Balaban J connectivity index is 1.67. The highest BCUT2D eigenvalue weighted by molar-refractivity contribution is 7.89. The van der Waals surface area contributed by atoms with E-state index in [1.165, 1.54) is 23.5 Å². The third kappa shape index (κ3) is 4.74. The summed E-state index contributed by atoms with van der Waals surface area (Å²) in [5.41, 5.74) is 1.97. The number of amides is 1. The van der Waals surface area contributed by atoms with Crippen molar-refractivity contribution < 1.29 is 17.9 Å². The molecule has 4 rings (SSSR count). The summed E-state index contributed by atoms with van der Waals surface area (Å²) >= 11 is 0. The molecule has 1 saturated heterocycles. The lowest BCUT2D eigenvalue weighted by Crippen LogP contribution is -2.32. The summed E-state index contributed by atoms with van der Waals surface area (Å²) in [6.07, 6.45) is 4.57. The van der Waals surface area contributed by atoms with Crippen molar-refractivity contribution >= 4 is 32.9 Å². The van der Waals surface area contributed by atoms with Crippen molar-refractivity contribution in [3.05, 3.63) is 48.0 Å². The van der Waals surface area contributed by atoms with Crippen LogP contribution in [0, 0.1) is 0 Å². The lowest BCUT2D eigenvalue weighted by atomic mass is 10.2. The van der Waals surface area contributed by atoms with Crippen LogP contribution >= 0.6 is 0 Å². The molecular formula is C24H30N4O4S. The molecule has 0 bridgehead atoms. The minimum atomic E-state index is -3.79. The molecule has 8 nitrogen and oxygen atoms in total. The van der Waals surface area contributed by atoms with Crippen LogP contribution in [0.25, 0.3) is 11.0 Å². The van der Waals surface area contributed by atoms with E-state index in [1.54, 1.807) is 6.07 Å². The first-order valence-electron chi connectivity index (χ1n) is 11.4. The van der Waals surface area contributed by atoms with Gasteiger partial charge < -0.3 is 9.30 Å². The molecule has 2 aromatic carbocycles. The van der Waals surface area contributed by atoms with E-state index in [0.29, 0.717) is 25.6 Å². The van der Waals surface area contributed by atoms with Crippen LogP contribution in [0.5, 0.6) is 5.75 Å². The predicted molar refractivity (Wildman–Crippen MR) is 128 cm³/mol. The van der Waals surface area contributed by atoms with Gasteiger partial charge in [0.1, 0.15) is 10.6 Å². The Morgan fingerprint density at radius 3 is 2.52 bits per heavy atom. The molecule has 1 aliphatic heterocycles. The van der Waals surface area contributed by atoms with Gasteiger partial charge in [0, 0.05) is 25.2 Å². The molecule has 33 heavy (non-hydrogen) atoms. The van der Waals surface area contributed by atoms with Crippen molar-refractivity contribution in [2.24, 2.45) is 0 Å². The van der Waals surface area contributed by atoms with Crippen molar-refractivity contribution in [3.63, 3.8) is 0 Å². The minimum absolute atomic E-state index is 0.0154. The van der Waals surface area contributed by atoms with Crippen LogP contribution in [-0.4, -0.2) is 48.4 Å². The van der Waals surface area contributed by atoms with E-state index in [4.69, 9.17) is 4.74 Å². The molecule has 1 N–H and O–H groups in total. The maximum atomic E-state index is 13.4. The molecule has 176 valence electrons. The normalized spacial score (nSPS) is 15.3. The average molecular weight is 471 g/mol. The number of sulfonamides is 1. The Hall–Kier alpha value is -2.91. The van der Waals surface area contributed by atoms with Gasteiger partial charge in [-0.3, -0.25) is 10.1 Å². The molecule has 1 aliphatic rings. The van der Waals surface area contributed by atoms with E-state index in [2.05, 4.69) is 17.2 Å². The van der Waals surface area contributed by atoms with E-state index in [-0.39, 0.29) is 16.2 Å². The van der Waals surface area contributed by atoms with E-state index in [1.807, 2.05) is 28.8 Å². The first-order chi connectivity index (χ1) is 16.0. The highest BCUT2D eigenvalue weighted by Gasteiger charge is 2.29.